The van der Waals surface area contributed by atoms with Crippen LogP contribution in [0, 0.1) is 6.92 Å². The van der Waals surface area contributed by atoms with Crippen LogP contribution in [0.15, 0.2) is 73.3 Å². The molecule has 0 N–H and O–H groups in total. The third-order valence-electron chi connectivity index (χ3n) is 2.92. The molecule has 0 fully saturated rings. The van der Waals surface area contributed by atoms with E-state index in [0.29, 0.717) is 0 Å². The van der Waals surface area contributed by atoms with E-state index in [-0.39, 0.29) is 0 Å². The van der Waals surface area contributed by atoms with Crippen molar-refractivity contribution in [3.8, 4) is 0 Å². The fraction of sp³-hybridized carbons (Fsp3) is 0.0588. The maximum absolute atomic E-state index is 11.6. The van der Waals surface area contributed by atoms with Crippen LogP contribution in [0.5, 0.6) is 0 Å². The Hall–Kier alpha value is -2.35. The van der Waals surface area contributed by atoms with E-state index in [0.717, 1.165) is 17.2 Å². The minimum atomic E-state index is -1.06. The third kappa shape index (κ3) is 2.74. The van der Waals surface area contributed by atoms with E-state index in [9.17, 15) is 4.79 Å². The zero-order chi connectivity index (χ0) is 13.7. The summed E-state index contributed by atoms with van der Waals surface area (Å²) in [6, 6.07) is 18.9. The molecular formula is C17H15O2. The maximum atomic E-state index is 11.6. The molecule has 0 unspecified atom stereocenters. The Labute approximate surface area is 113 Å². The first-order chi connectivity index (χ1) is 9.16. The second-order valence-corrected chi connectivity index (χ2v) is 4.18. The molecule has 2 rings (SSSR count). The molecule has 0 bridgehead atoms. The first kappa shape index (κ1) is 13.1. The Morgan fingerprint density at radius 1 is 0.947 bits per heavy atom. The highest BCUT2D eigenvalue weighted by atomic mass is 16.6. The summed E-state index contributed by atoms with van der Waals surface area (Å²) in [5.74, 6) is -0.497. The average Bonchev–Trinajstić information content (AvgIpc) is 2.48. The molecular weight excluding hydrogens is 236 g/mol. The van der Waals surface area contributed by atoms with Crippen LogP contribution in [-0.4, -0.2) is 5.97 Å². The highest BCUT2D eigenvalue weighted by molar-refractivity contribution is 5.82. The maximum Gasteiger partial charge on any atom is 0.331 e. The smallest absolute Gasteiger partial charge is 0.331 e. The monoisotopic (exact) mass is 251 g/mol. The van der Waals surface area contributed by atoms with Crippen LogP contribution in [-0.2, 0) is 15.1 Å². The van der Waals surface area contributed by atoms with Gasteiger partial charge in [-0.05, 0) is 0 Å². The first-order valence-electron chi connectivity index (χ1n) is 5.98. The fourth-order valence-electron chi connectivity index (χ4n) is 1.91. The lowest BCUT2D eigenvalue weighted by atomic mass is 9.88. The number of carbonyl (C=O) groups is 1. The molecule has 0 atom stereocenters. The van der Waals surface area contributed by atoms with Crippen LogP contribution in [0.4, 0.5) is 0 Å². The minimum Gasteiger partial charge on any atom is -0.446 e. The Kier molecular flexibility index (Phi) is 3.81. The standard InChI is InChI=1S/C17H15O2/c1-3-16(18)19-17(2,14-10-6-4-7-11-14)15-12-8-5-9-13-15/h3-13H,1-2H2. The molecule has 0 aliphatic carbocycles. The lowest BCUT2D eigenvalue weighted by Crippen LogP contribution is -2.30. The average molecular weight is 251 g/mol. The Bertz CT molecular complexity index is 519. The molecule has 0 aromatic heterocycles. The van der Waals surface area contributed by atoms with Crippen LogP contribution >= 0.6 is 0 Å². The van der Waals surface area contributed by atoms with E-state index in [1.807, 2.05) is 60.7 Å². The van der Waals surface area contributed by atoms with Crippen molar-refractivity contribution in [3.05, 3.63) is 91.4 Å². The van der Waals surface area contributed by atoms with Gasteiger partial charge in [-0.3, -0.25) is 0 Å². The molecule has 2 heteroatoms. The predicted molar refractivity (Wildman–Crippen MR) is 75.3 cm³/mol. The van der Waals surface area contributed by atoms with Gasteiger partial charge in [0.2, 0.25) is 0 Å². The topological polar surface area (TPSA) is 26.3 Å². The second-order valence-electron chi connectivity index (χ2n) is 4.18. The first-order valence-corrected chi connectivity index (χ1v) is 5.98. The van der Waals surface area contributed by atoms with Crippen LogP contribution in [0.25, 0.3) is 0 Å². The van der Waals surface area contributed by atoms with Crippen molar-refractivity contribution >= 4 is 5.97 Å². The van der Waals surface area contributed by atoms with Gasteiger partial charge in [0.25, 0.3) is 0 Å². The molecule has 0 saturated carbocycles. The van der Waals surface area contributed by atoms with Gasteiger partial charge in [0.15, 0.2) is 5.60 Å². The Morgan fingerprint density at radius 2 is 1.37 bits per heavy atom. The highest BCUT2D eigenvalue weighted by Crippen LogP contribution is 2.32. The lowest BCUT2D eigenvalue weighted by molar-refractivity contribution is -0.146. The molecule has 19 heavy (non-hydrogen) atoms. The minimum absolute atomic E-state index is 0.497. The van der Waals surface area contributed by atoms with Gasteiger partial charge in [0, 0.05) is 24.1 Å². The van der Waals surface area contributed by atoms with Gasteiger partial charge in [0.05, 0.1) is 0 Å². The van der Waals surface area contributed by atoms with Crippen LogP contribution in [0.1, 0.15) is 11.1 Å². The molecule has 0 spiro atoms. The van der Waals surface area contributed by atoms with Crippen LogP contribution in [0.2, 0.25) is 0 Å². The highest BCUT2D eigenvalue weighted by Gasteiger charge is 2.32. The molecule has 1 radical (unpaired) electrons. The van der Waals surface area contributed by atoms with E-state index in [1.54, 1.807) is 0 Å². The summed E-state index contributed by atoms with van der Waals surface area (Å²) in [5.41, 5.74) is 0.571. The molecule has 2 nitrogen and oxygen atoms in total. The van der Waals surface area contributed by atoms with Gasteiger partial charge in [-0.1, -0.05) is 67.2 Å². The summed E-state index contributed by atoms with van der Waals surface area (Å²) in [6.07, 6.45) is 1.14. The molecule has 0 saturated heterocycles. The van der Waals surface area contributed by atoms with Crippen molar-refractivity contribution in [2.45, 2.75) is 5.60 Å². The van der Waals surface area contributed by atoms with E-state index in [4.69, 9.17) is 4.74 Å². The zero-order valence-corrected chi connectivity index (χ0v) is 10.6. The number of rotatable bonds is 4. The van der Waals surface area contributed by atoms with Gasteiger partial charge in [0.1, 0.15) is 0 Å². The normalized spacial score (nSPS) is 10.8. The number of carbonyl (C=O) groups excluding carboxylic acids is 1. The van der Waals surface area contributed by atoms with Gasteiger partial charge in [-0.25, -0.2) is 4.79 Å². The number of ether oxygens (including phenoxy) is 1. The number of benzene rings is 2. The Morgan fingerprint density at radius 3 is 1.74 bits per heavy atom. The summed E-state index contributed by atoms with van der Waals surface area (Å²) >= 11 is 0. The van der Waals surface area contributed by atoms with Gasteiger partial charge >= 0.3 is 5.97 Å². The Balaban J connectivity index is 2.50. The van der Waals surface area contributed by atoms with Crippen molar-refractivity contribution < 1.29 is 9.53 Å². The van der Waals surface area contributed by atoms with Crippen molar-refractivity contribution in [2.75, 3.05) is 0 Å². The third-order valence-corrected chi connectivity index (χ3v) is 2.92. The molecule has 2 aromatic carbocycles. The summed E-state index contributed by atoms with van der Waals surface area (Å²) in [5, 5.41) is 0. The van der Waals surface area contributed by atoms with Gasteiger partial charge < -0.3 is 4.74 Å². The molecule has 0 aliphatic heterocycles. The summed E-state index contributed by atoms with van der Waals surface area (Å²) in [4.78, 5) is 11.6. The number of esters is 1. The van der Waals surface area contributed by atoms with Gasteiger partial charge in [-0.2, -0.15) is 0 Å². The van der Waals surface area contributed by atoms with Crippen LogP contribution < -0.4 is 0 Å². The summed E-state index contributed by atoms with van der Waals surface area (Å²) in [7, 11) is 0. The molecule has 0 aliphatic rings. The van der Waals surface area contributed by atoms with Crippen molar-refractivity contribution in [3.63, 3.8) is 0 Å². The fourth-order valence-corrected chi connectivity index (χ4v) is 1.91. The lowest BCUT2D eigenvalue weighted by Gasteiger charge is -2.30. The van der Waals surface area contributed by atoms with Gasteiger partial charge in [-0.15, -0.1) is 0 Å². The zero-order valence-electron chi connectivity index (χ0n) is 10.6. The molecule has 0 heterocycles. The molecule has 0 amide bonds. The van der Waals surface area contributed by atoms with Crippen molar-refractivity contribution in [1.82, 2.24) is 0 Å². The quantitative estimate of drug-likeness (QED) is 0.614. The van der Waals surface area contributed by atoms with Crippen molar-refractivity contribution in [1.29, 1.82) is 0 Å². The van der Waals surface area contributed by atoms with Crippen LogP contribution in [0.3, 0.4) is 0 Å². The number of hydrogen-bond donors (Lipinski definition) is 0. The summed E-state index contributed by atoms with van der Waals surface area (Å²) in [6.45, 7) is 7.54. The van der Waals surface area contributed by atoms with E-state index in [1.165, 1.54) is 0 Å². The SMILES string of the molecule is [CH2]C(OC(=O)C=C)(c1ccccc1)c1ccccc1. The predicted octanol–water partition coefficient (Wildman–Crippen LogP) is 3.49. The second kappa shape index (κ2) is 5.53. The molecule has 2 aromatic rings. The van der Waals surface area contributed by atoms with E-state index >= 15 is 0 Å². The van der Waals surface area contributed by atoms with E-state index in [2.05, 4.69) is 13.5 Å². The van der Waals surface area contributed by atoms with Crippen molar-refractivity contribution in [2.24, 2.45) is 0 Å². The van der Waals surface area contributed by atoms with E-state index < -0.39 is 11.6 Å². The summed E-state index contributed by atoms with van der Waals surface area (Å²) < 4.78 is 5.49. The largest absolute Gasteiger partial charge is 0.446 e. The molecule has 95 valence electrons. The number of hydrogen-bond acceptors (Lipinski definition) is 2.